The van der Waals surface area contributed by atoms with Gasteiger partial charge in [-0.1, -0.05) is 25.0 Å². The third-order valence-corrected chi connectivity index (χ3v) is 5.18. The molecule has 1 fully saturated rings. The SMILES string of the molecule is OC1(CNc2nc(-c3ccsc3)nc3ccccc23)CCCC1. The summed E-state index contributed by atoms with van der Waals surface area (Å²) in [4.78, 5) is 9.38. The van der Waals surface area contributed by atoms with Crippen LogP contribution in [-0.2, 0) is 0 Å². The number of hydrogen-bond acceptors (Lipinski definition) is 5. The third-order valence-electron chi connectivity index (χ3n) is 4.50. The molecule has 0 bridgehead atoms. The third kappa shape index (κ3) is 2.94. The van der Waals surface area contributed by atoms with Gasteiger partial charge in [0, 0.05) is 22.9 Å². The van der Waals surface area contributed by atoms with E-state index in [1.165, 1.54) is 0 Å². The van der Waals surface area contributed by atoms with E-state index in [-0.39, 0.29) is 0 Å². The van der Waals surface area contributed by atoms with Gasteiger partial charge in [-0.2, -0.15) is 11.3 Å². The van der Waals surface area contributed by atoms with Gasteiger partial charge in [0.05, 0.1) is 11.1 Å². The van der Waals surface area contributed by atoms with Crippen LogP contribution in [0.5, 0.6) is 0 Å². The Morgan fingerprint density at radius 2 is 1.96 bits per heavy atom. The van der Waals surface area contributed by atoms with Crippen LogP contribution >= 0.6 is 11.3 Å². The van der Waals surface area contributed by atoms with E-state index in [1.54, 1.807) is 11.3 Å². The molecule has 0 spiro atoms. The molecule has 1 aliphatic rings. The molecular weight excluding hydrogens is 306 g/mol. The predicted molar refractivity (Wildman–Crippen MR) is 94.8 cm³/mol. The summed E-state index contributed by atoms with van der Waals surface area (Å²) in [6, 6.07) is 10.0. The molecule has 118 valence electrons. The Kier molecular flexibility index (Phi) is 3.75. The van der Waals surface area contributed by atoms with Gasteiger partial charge < -0.3 is 10.4 Å². The molecule has 4 rings (SSSR count). The first-order valence-electron chi connectivity index (χ1n) is 7.99. The van der Waals surface area contributed by atoms with Gasteiger partial charge in [-0.05, 0) is 36.4 Å². The van der Waals surface area contributed by atoms with Crippen molar-refractivity contribution in [1.29, 1.82) is 0 Å². The van der Waals surface area contributed by atoms with Crippen molar-refractivity contribution in [1.82, 2.24) is 9.97 Å². The standard InChI is InChI=1S/C18H19N3OS/c22-18(8-3-4-9-18)12-19-17-14-5-1-2-6-15(14)20-16(21-17)13-7-10-23-11-13/h1-2,5-7,10-11,22H,3-4,8-9,12H2,(H,19,20,21). The first-order chi connectivity index (χ1) is 11.2. The molecule has 0 atom stereocenters. The number of thiophene rings is 1. The van der Waals surface area contributed by atoms with E-state index in [9.17, 15) is 5.11 Å². The molecule has 2 N–H and O–H groups in total. The lowest BCUT2D eigenvalue weighted by Gasteiger charge is -2.23. The number of para-hydroxylation sites is 1. The molecule has 2 heterocycles. The van der Waals surface area contributed by atoms with Crippen molar-refractivity contribution in [2.24, 2.45) is 0 Å². The maximum Gasteiger partial charge on any atom is 0.162 e. The van der Waals surface area contributed by atoms with Crippen LogP contribution in [0.15, 0.2) is 41.1 Å². The Bertz CT molecular complexity index is 810. The molecule has 1 saturated carbocycles. The number of fused-ring (bicyclic) bond motifs is 1. The Morgan fingerprint density at radius 1 is 1.13 bits per heavy atom. The molecule has 2 aromatic heterocycles. The maximum absolute atomic E-state index is 10.6. The highest BCUT2D eigenvalue weighted by molar-refractivity contribution is 7.08. The normalized spacial score (nSPS) is 16.7. The monoisotopic (exact) mass is 325 g/mol. The van der Waals surface area contributed by atoms with Crippen molar-refractivity contribution in [3.8, 4) is 11.4 Å². The fourth-order valence-corrected chi connectivity index (χ4v) is 3.82. The van der Waals surface area contributed by atoms with Crippen LogP contribution in [0, 0.1) is 0 Å². The van der Waals surface area contributed by atoms with Gasteiger partial charge in [0.25, 0.3) is 0 Å². The average molecular weight is 325 g/mol. The maximum atomic E-state index is 10.6. The molecule has 0 unspecified atom stereocenters. The van der Waals surface area contributed by atoms with Crippen molar-refractivity contribution in [2.45, 2.75) is 31.3 Å². The minimum absolute atomic E-state index is 0.539. The minimum Gasteiger partial charge on any atom is -0.388 e. The van der Waals surface area contributed by atoms with E-state index >= 15 is 0 Å². The number of hydrogen-bond donors (Lipinski definition) is 2. The summed E-state index contributed by atoms with van der Waals surface area (Å²) in [7, 11) is 0. The molecule has 0 aliphatic heterocycles. The Labute approximate surface area is 139 Å². The smallest absolute Gasteiger partial charge is 0.162 e. The summed E-state index contributed by atoms with van der Waals surface area (Å²) >= 11 is 1.64. The van der Waals surface area contributed by atoms with Crippen LogP contribution in [0.1, 0.15) is 25.7 Å². The molecule has 0 saturated heterocycles. The van der Waals surface area contributed by atoms with Crippen LogP contribution in [-0.4, -0.2) is 27.2 Å². The highest BCUT2D eigenvalue weighted by Crippen LogP contribution is 2.31. The molecule has 0 amide bonds. The van der Waals surface area contributed by atoms with Crippen molar-refractivity contribution in [2.75, 3.05) is 11.9 Å². The van der Waals surface area contributed by atoms with Crippen molar-refractivity contribution in [3.63, 3.8) is 0 Å². The van der Waals surface area contributed by atoms with E-state index in [1.807, 2.05) is 35.7 Å². The molecule has 0 radical (unpaired) electrons. The average Bonchev–Trinajstić information content (AvgIpc) is 3.24. The molecule has 1 aromatic carbocycles. The van der Waals surface area contributed by atoms with Crippen LogP contribution in [0.3, 0.4) is 0 Å². The highest BCUT2D eigenvalue weighted by atomic mass is 32.1. The van der Waals surface area contributed by atoms with Crippen molar-refractivity contribution in [3.05, 3.63) is 41.1 Å². The number of anilines is 1. The van der Waals surface area contributed by atoms with Gasteiger partial charge >= 0.3 is 0 Å². The second kappa shape index (κ2) is 5.91. The first kappa shape index (κ1) is 14.6. The fourth-order valence-electron chi connectivity index (χ4n) is 3.19. The van der Waals surface area contributed by atoms with E-state index in [2.05, 4.69) is 15.7 Å². The van der Waals surface area contributed by atoms with E-state index < -0.39 is 5.60 Å². The van der Waals surface area contributed by atoms with Crippen LogP contribution in [0.25, 0.3) is 22.3 Å². The Balaban J connectivity index is 1.71. The summed E-state index contributed by atoms with van der Waals surface area (Å²) in [6.45, 7) is 0.539. The molecule has 1 aliphatic carbocycles. The summed E-state index contributed by atoms with van der Waals surface area (Å²) < 4.78 is 0. The molecule has 5 heteroatoms. The lowest BCUT2D eigenvalue weighted by Crippen LogP contribution is -2.33. The Hall–Kier alpha value is -1.98. The van der Waals surface area contributed by atoms with Gasteiger partial charge in [0.1, 0.15) is 5.82 Å². The summed E-state index contributed by atoms with van der Waals surface area (Å²) in [6.07, 6.45) is 3.92. The van der Waals surface area contributed by atoms with E-state index in [0.29, 0.717) is 6.54 Å². The summed E-state index contributed by atoms with van der Waals surface area (Å²) in [5.41, 5.74) is 1.35. The number of benzene rings is 1. The highest BCUT2D eigenvalue weighted by Gasteiger charge is 2.31. The van der Waals surface area contributed by atoms with E-state index in [0.717, 1.165) is 53.8 Å². The zero-order valence-corrected chi connectivity index (χ0v) is 13.6. The van der Waals surface area contributed by atoms with Gasteiger partial charge in [0.2, 0.25) is 0 Å². The fraction of sp³-hybridized carbons (Fsp3) is 0.333. The molecule has 23 heavy (non-hydrogen) atoms. The van der Waals surface area contributed by atoms with Gasteiger partial charge in [0.15, 0.2) is 5.82 Å². The zero-order chi connectivity index (χ0) is 15.7. The molecule has 3 aromatic rings. The number of nitrogens with zero attached hydrogens (tertiary/aromatic N) is 2. The number of rotatable bonds is 4. The second-order valence-electron chi connectivity index (χ2n) is 6.21. The van der Waals surface area contributed by atoms with Crippen LogP contribution < -0.4 is 5.32 Å². The Morgan fingerprint density at radius 3 is 2.74 bits per heavy atom. The second-order valence-corrected chi connectivity index (χ2v) is 6.99. The quantitative estimate of drug-likeness (QED) is 0.759. The van der Waals surface area contributed by atoms with Gasteiger partial charge in [-0.25, -0.2) is 9.97 Å². The van der Waals surface area contributed by atoms with Crippen molar-refractivity contribution >= 4 is 28.1 Å². The number of nitrogens with one attached hydrogen (secondary N) is 1. The first-order valence-corrected chi connectivity index (χ1v) is 8.93. The molecule has 4 nitrogen and oxygen atoms in total. The lowest BCUT2D eigenvalue weighted by atomic mass is 10.0. The largest absolute Gasteiger partial charge is 0.388 e. The lowest BCUT2D eigenvalue weighted by molar-refractivity contribution is 0.0614. The van der Waals surface area contributed by atoms with E-state index in [4.69, 9.17) is 4.98 Å². The number of aromatic nitrogens is 2. The molecular formula is C18H19N3OS. The van der Waals surface area contributed by atoms with Crippen LogP contribution in [0.2, 0.25) is 0 Å². The van der Waals surface area contributed by atoms with Gasteiger partial charge in [-0.15, -0.1) is 0 Å². The predicted octanol–water partition coefficient (Wildman–Crippen LogP) is 4.08. The number of aliphatic hydroxyl groups is 1. The van der Waals surface area contributed by atoms with Crippen LogP contribution in [0.4, 0.5) is 5.82 Å². The topological polar surface area (TPSA) is 58.0 Å². The summed E-state index contributed by atoms with van der Waals surface area (Å²) in [5.74, 6) is 1.53. The minimum atomic E-state index is -0.603. The summed E-state index contributed by atoms with van der Waals surface area (Å²) in [5, 5.41) is 19.0. The zero-order valence-electron chi connectivity index (χ0n) is 12.8. The van der Waals surface area contributed by atoms with Gasteiger partial charge in [-0.3, -0.25) is 0 Å². The van der Waals surface area contributed by atoms with Crippen molar-refractivity contribution < 1.29 is 5.11 Å².